The van der Waals surface area contributed by atoms with Crippen LogP contribution in [-0.2, 0) is 11.2 Å². The first-order valence-corrected chi connectivity index (χ1v) is 7.94. The minimum Gasteiger partial charge on any atom is -0.343 e. The van der Waals surface area contributed by atoms with Crippen LogP contribution in [0.2, 0.25) is 0 Å². The van der Waals surface area contributed by atoms with Crippen molar-refractivity contribution in [3.05, 3.63) is 39.7 Å². The standard InChI is InChI=1S/C15H22IN3O/c1-3-19(2)15(20)7-5-11-17-10-4-6-14-9-8-13(16)12-18-14/h5,7-9,12,17H,3-4,6,10-11H2,1-2H3/b7-5+. The Hall–Kier alpha value is -0.950. The maximum absolute atomic E-state index is 11.5. The van der Waals surface area contributed by atoms with Crippen LogP contribution in [0.4, 0.5) is 0 Å². The number of hydrogen-bond donors (Lipinski definition) is 1. The number of halogens is 1. The molecule has 0 atom stereocenters. The van der Waals surface area contributed by atoms with Crippen molar-refractivity contribution in [2.24, 2.45) is 0 Å². The SMILES string of the molecule is CCN(C)C(=O)/C=C/CNCCCc1ccc(I)cn1. The van der Waals surface area contributed by atoms with Crippen molar-refractivity contribution in [1.29, 1.82) is 0 Å². The molecule has 0 fully saturated rings. The maximum Gasteiger partial charge on any atom is 0.246 e. The summed E-state index contributed by atoms with van der Waals surface area (Å²) in [6.45, 7) is 4.35. The number of hydrogen-bond acceptors (Lipinski definition) is 3. The first kappa shape index (κ1) is 17.1. The largest absolute Gasteiger partial charge is 0.343 e. The van der Waals surface area contributed by atoms with Crippen molar-refractivity contribution >= 4 is 28.5 Å². The Labute approximate surface area is 134 Å². The number of nitrogens with zero attached hydrogens (tertiary/aromatic N) is 2. The van der Waals surface area contributed by atoms with Gasteiger partial charge in [0.2, 0.25) is 5.91 Å². The van der Waals surface area contributed by atoms with Crippen molar-refractivity contribution in [3.8, 4) is 0 Å². The summed E-state index contributed by atoms with van der Waals surface area (Å²) in [6.07, 6.45) is 7.41. The number of likely N-dealkylation sites (N-methyl/N-ethyl adjacent to an activating group) is 1. The first-order valence-electron chi connectivity index (χ1n) is 6.86. The average Bonchev–Trinajstić information content (AvgIpc) is 2.47. The molecule has 1 rings (SSSR count). The summed E-state index contributed by atoms with van der Waals surface area (Å²) < 4.78 is 1.16. The number of aryl methyl sites for hydroxylation is 1. The summed E-state index contributed by atoms with van der Waals surface area (Å²) in [7, 11) is 1.80. The van der Waals surface area contributed by atoms with Crippen molar-refractivity contribution in [3.63, 3.8) is 0 Å². The summed E-state index contributed by atoms with van der Waals surface area (Å²) in [6, 6.07) is 4.15. The van der Waals surface area contributed by atoms with Gasteiger partial charge in [0.25, 0.3) is 0 Å². The number of rotatable bonds is 8. The summed E-state index contributed by atoms with van der Waals surface area (Å²) in [4.78, 5) is 17.5. The predicted octanol–water partition coefficient (Wildman–Crippen LogP) is 2.24. The number of nitrogens with one attached hydrogen (secondary N) is 1. The molecule has 0 saturated heterocycles. The third kappa shape index (κ3) is 7.00. The van der Waals surface area contributed by atoms with Gasteiger partial charge in [0, 0.05) is 41.7 Å². The molecule has 1 aromatic rings. The van der Waals surface area contributed by atoms with Gasteiger partial charge in [0.05, 0.1) is 0 Å². The van der Waals surface area contributed by atoms with Crippen LogP contribution in [0.1, 0.15) is 19.0 Å². The van der Waals surface area contributed by atoms with Crippen LogP contribution in [0, 0.1) is 3.57 Å². The third-order valence-electron chi connectivity index (χ3n) is 2.95. The lowest BCUT2D eigenvalue weighted by molar-refractivity contribution is -0.124. The van der Waals surface area contributed by atoms with Crippen LogP contribution >= 0.6 is 22.6 Å². The molecule has 0 bridgehead atoms. The van der Waals surface area contributed by atoms with E-state index in [1.165, 1.54) is 0 Å². The van der Waals surface area contributed by atoms with Gasteiger partial charge in [-0.1, -0.05) is 6.08 Å². The fraction of sp³-hybridized carbons (Fsp3) is 0.467. The van der Waals surface area contributed by atoms with Crippen molar-refractivity contribution in [2.45, 2.75) is 19.8 Å². The van der Waals surface area contributed by atoms with E-state index in [1.807, 2.05) is 19.2 Å². The Morgan fingerprint density at radius 3 is 2.95 bits per heavy atom. The van der Waals surface area contributed by atoms with Crippen molar-refractivity contribution < 1.29 is 4.79 Å². The Morgan fingerprint density at radius 1 is 1.50 bits per heavy atom. The van der Waals surface area contributed by atoms with Crippen LogP contribution in [0.3, 0.4) is 0 Å². The van der Waals surface area contributed by atoms with Crippen LogP contribution in [0.5, 0.6) is 0 Å². The molecule has 4 nitrogen and oxygen atoms in total. The molecular weight excluding hydrogens is 365 g/mol. The molecule has 1 N–H and O–H groups in total. The number of carbonyl (C=O) groups is 1. The smallest absolute Gasteiger partial charge is 0.246 e. The minimum atomic E-state index is 0.0531. The number of aromatic nitrogens is 1. The fourth-order valence-corrected chi connectivity index (χ4v) is 1.90. The van der Waals surface area contributed by atoms with E-state index in [9.17, 15) is 4.79 Å². The van der Waals surface area contributed by atoms with Crippen LogP contribution in [-0.4, -0.2) is 42.5 Å². The van der Waals surface area contributed by atoms with E-state index >= 15 is 0 Å². The van der Waals surface area contributed by atoms with E-state index in [0.29, 0.717) is 0 Å². The van der Waals surface area contributed by atoms with E-state index < -0.39 is 0 Å². The lowest BCUT2D eigenvalue weighted by Crippen LogP contribution is -2.24. The van der Waals surface area contributed by atoms with Crippen molar-refractivity contribution in [1.82, 2.24) is 15.2 Å². The predicted molar refractivity (Wildman–Crippen MR) is 90.6 cm³/mol. The van der Waals surface area contributed by atoms with E-state index in [4.69, 9.17) is 0 Å². The first-order chi connectivity index (χ1) is 9.63. The van der Waals surface area contributed by atoms with Gasteiger partial charge in [-0.3, -0.25) is 9.78 Å². The minimum absolute atomic E-state index is 0.0531. The molecule has 5 heteroatoms. The number of carbonyl (C=O) groups excluding carboxylic acids is 1. The molecule has 110 valence electrons. The molecule has 1 heterocycles. The molecule has 20 heavy (non-hydrogen) atoms. The van der Waals surface area contributed by atoms with Gasteiger partial charge in [-0.25, -0.2) is 0 Å². The van der Waals surface area contributed by atoms with E-state index in [1.54, 1.807) is 18.0 Å². The average molecular weight is 387 g/mol. The van der Waals surface area contributed by atoms with Gasteiger partial charge < -0.3 is 10.2 Å². The Balaban J connectivity index is 2.09. The maximum atomic E-state index is 11.5. The highest BCUT2D eigenvalue weighted by atomic mass is 127. The summed E-state index contributed by atoms with van der Waals surface area (Å²) in [5.74, 6) is 0.0531. The molecule has 0 aromatic carbocycles. The van der Waals surface area contributed by atoms with Crippen LogP contribution < -0.4 is 5.32 Å². The molecule has 1 amide bonds. The molecule has 1 aromatic heterocycles. The van der Waals surface area contributed by atoms with Gasteiger partial charge in [-0.05, 0) is 61.0 Å². The van der Waals surface area contributed by atoms with E-state index in [2.05, 4.69) is 45.0 Å². The molecule has 0 spiro atoms. The van der Waals surface area contributed by atoms with Gasteiger partial charge in [0.15, 0.2) is 0 Å². The van der Waals surface area contributed by atoms with Crippen LogP contribution in [0.25, 0.3) is 0 Å². The monoisotopic (exact) mass is 387 g/mol. The molecule has 0 aliphatic carbocycles. The fourth-order valence-electron chi connectivity index (χ4n) is 1.58. The molecule has 0 aliphatic heterocycles. The highest BCUT2D eigenvalue weighted by Crippen LogP contribution is 2.04. The highest BCUT2D eigenvalue weighted by molar-refractivity contribution is 14.1. The van der Waals surface area contributed by atoms with Gasteiger partial charge >= 0.3 is 0 Å². The summed E-state index contributed by atoms with van der Waals surface area (Å²) >= 11 is 2.26. The summed E-state index contributed by atoms with van der Waals surface area (Å²) in [5.41, 5.74) is 1.13. The zero-order valence-electron chi connectivity index (χ0n) is 12.1. The quantitative estimate of drug-likeness (QED) is 0.423. The normalized spacial score (nSPS) is 10.9. The molecule has 0 radical (unpaired) electrons. The Kier molecular flexibility index (Phi) is 8.45. The van der Waals surface area contributed by atoms with E-state index in [-0.39, 0.29) is 5.91 Å². The molecule has 0 saturated carbocycles. The topological polar surface area (TPSA) is 45.2 Å². The number of amides is 1. The number of pyridine rings is 1. The molecule has 0 unspecified atom stereocenters. The molecule has 0 aliphatic rings. The zero-order chi connectivity index (χ0) is 14.8. The van der Waals surface area contributed by atoms with Gasteiger partial charge in [0.1, 0.15) is 0 Å². The van der Waals surface area contributed by atoms with Crippen LogP contribution in [0.15, 0.2) is 30.5 Å². The molecular formula is C15H22IN3O. The lowest BCUT2D eigenvalue weighted by atomic mass is 10.2. The van der Waals surface area contributed by atoms with E-state index in [0.717, 1.165) is 41.7 Å². The Morgan fingerprint density at radius 2 is 2.30 bits per heavy atom. The summed E-state index contributed by atoms with van der Waals surface area (Å²) in [5, 5.41) is 3.29. The second kappa shape index (κ2) is 9.88. The van der Waals surface area contributed by atoms with Gasteiger partial charge in [-0.2, -0.15) is 0 Å². The Bertz CT molecular complexity index is 431. The second-order valence-corrected chi connectivity index (χ2v) is 5.78. The lowest BCUT2D eigenvalue weighted by Gasteiger charge is -2.10. The second-order valence-electron chi connectivity index (χ2n) is 4.53. The third-order valence-corrected chi connectivity index (χ3v) is 3.59. The zero-order valence-corrected chi connectivity index (χ0v) is 14.3. The highest BCUT2D eigenvalue weighted by Gasteiger charge is 1.99. The van der Waals surface area contributed by atoms with Crippen molar-refractivity contribution in [2.75, 3.05) is 26.7 Å². The van der Waals surface area contributed by atoms with Gasteiger partial charge in [-0.15, -0.1) is 0 Å².